The van der Waals surface area contributed by atoms with Gasteiger partial charge in [0.1, 0.15) is 5.78 Å². The van der Waals surface area contributed by atoms with Gasteiger partial charge in [0.15, 0.2) is 0 Å². The molecule has 0 aliphatic heterocycles. The summed E-state index contributed by atoms with van der Waals surface area (Å²) in [5.41, 5.74) is 1.35. The fraction of sp³-hybridized carbons (Fsp3) is 0.190. The van der Waals surface area contributed by atoms with Crippen molar-refractivity contribution in [2.45, 2.75) is 25.7 Å². The van der Waals surface area contributed by atoms with Gasteiger partial charge in [0, 0.05) is 12.8 Å². The Morgan fingerprint density at radius 2 is 0.846 bits per heavy atom. The summed E-state index contributed by atoms with van der Waals surface area (Å²) < 4.78 is 0. The van der Waals surface area contributed by atoms with Gasteiger partial charge in [0.25, 0.3) is 0 Å². The van der Waals surface area contributed by atoms with Crippen molar-refractivity contribution in [1.29, 1.82) is 0 Å². The lowest BCUT2D eigenvalue weighted by Crippen LogP contribution is -2.24. The predicted molar refractivity (Wildman–Crippen MR) is 94.6 cm³/mol. The Balaban J connectivity index is 1.81. The Morgan fingerprint density at radius 3 is 1.19 bits per heavy atom. The smallest absolute Gasteiger partial charge is 0.206 e. The molecule has 0 aromatic heterocycles. The van der Waals surface area contributed by atoms with Gasteiger partial charge in [-0.05, 0) is 11.1 Å². The number of hydrogen-bond donors (Lipinski definition) is 0. The van der Waals surface area contributed by atoms with E-state index in [-0.39, 0.29) is 12.8 Å². The minimum atomic E-state index is -0.845. The van der Waals surface area contributed by atoms with E-state index in [1.807, 2.05) is 0 Å². The van der Waals surface area contributed by atoms with Crippen LogP contribution in [0.2, 0.25) is 0 Å². The molecule has 5 heteroatoms. The lowest BCUT2D eigenvalue weighted by Gasteiger charge is -2.02. The molecule has 0 aliphatic carbocycles. The zero-order chi connectivity index (χ0) is 18.9. The maximum Gasteiger partial charge on any atom is 0.206 e. The van der Waals surface area contributed by atoms with Gasteiger partial charge in [0.05, 0.1) is 12.8 Å². The first-order chi connectivity index (χ1) is 12.5. The molecule has 0 atom stereocenters. The minimum absolute atomic E-state index is 0.0894. The quantitative estimate of drug-likeness (QED) is 0.484. The van der Waals surface area contributed by atoms with Crippen molar-refractivity contribution in [3.63, 3.8) is 0 Å². The number of benzene rings is 2. The largest absolute Gasteiger partial charge is 0.299 e. The van der Waals surface area contributed by atoms with Crippen LogP contribution >= 0.6 is 0 Å². The van der Waals surface area contributed by atoms with Crippen LogP contribution in [0.15, 0.2) is 60.7 Å². The second-order valence-corrected chi connectivity index (χ2v) is 5.91. The van der Waals surface area contributed by atoms with E-state index in [0.717, 1.165) is 0 Å². The fourth-order valence-electron chi connectivity index (χ4n) is 2.38. The van der Waals surface area contributed by atoms with Gasteiger partial charge in [-0.15, -0.1) is 0 Å². The monoisotopic (exact) mass is 350 g/mol. The summed E-state index contributed by atoms with van der Waals surface area (Å²) in [5, 5.41) is 0. The molecule has 2 rings (SSSR count). The summed E-state index contributed by atoms with van der Waals surface area (Å²) in [7, 11) is 0. The van der Waals surface area contributed by atoms with E-state index >= 15 is 0 Å². The summed E-state index contributed by atoms with van der Waals surface area (Å²) in [6.45, 7) is 0. The summed E-state index contributed by atoms with van der Waals surface area (Å²) in [6.07, 6.45) is -1.49. The average molecular weight is 350 g/mol. The maximum absolute atomic E-state index is 11.9. The molecule has 0 radical (unpaired) electrons. The predicted octanol–water partition coefficient (Wildman–Crippen LogP) is 2.10. The van der Waals surface area contributed by atoms with E-state index in [4.69, 9.17) is 0 Å². The van der Waals surface area contributed by atoms with Crippen molar-refractivity contribution in [3.05, 3.63) is 71.8 Å². The minimum Gasteiger partial charge on any atom is -0.299 e. The van der Waals surface area contributed by atoms with Crippen LogP contribution in [0.25, 0.3) is 0 Å². The molecule has 26 heavy (non-hydrogen) atoms. The molecule has 0 amide bonds. The first-order valence-corrected chi connectivity index (χ1v) is 8.17. The highest BCUT2D eigenvalue weighted by molar-refractivity contribution is 6.44. The third-order valence-electron chi connectivity index (χ3n) is 3.75. The van der Waals surface area contributed by atoms with Crippen LogP contribution in [0.3, 0.4) is 0 Å². The molecule has 0 spiro atoms. The van der Waals surface area contributed by atoms with Crippen LogP contribution in [0, 0.1) is 0 Å². The Bertz CT molecular complexity index is 752. The van der Waals surface area contributed by atoms with Gasteiger partial charge in [-0.1, -0.05) is 60.7 Å². The number of ketones is 5. The van der Waals surface area contributed by atoms with E-state index in [0.29, 0.717) is 11.1 Å². The van der Waals surface area contributed by atoms with E-state index in [9.17, 15) is 24.0 Å². The van der Waals surface area contributed by atoms with Crippen molar-refractivity contribution >= 4 is 28.9 Å². The number of carbonyl (C=O) groups is 5. The maximum atomic E-state index is 11.9. The zero-order valence-corrected chi connectivity index (χ0v) is 14.1. The van der Waals surface area contributed by atoms with Crippen LogP contribution in [0.1, 0.15) is 24.0 Å². The van der Waals surface area contributed by atoms with E-state index < -0.39 is 41.8 Å². The number of carbonyl (C=O) groups excluding carboxylic acids is 5. The van der Waals surface area contributed by atoms with E-state index in [2.05, 4.69) is 0 Å². The van der Waals surface area contributed by atoms with Gasteiger partial charge in [0.2, 0.25) is 23.1 Å². The van der Waals surface area contributed by atoms with Crippen LogP contribution in [0.5, 0.6) is 0 Å². The summed E-state index contributed by atoms with van der Waals surface area (Å²) in [6, 6.07) is 17.4. The van der Waals surface area contributed by atoms with Crippen molar-refractivity contribution < 1.29 is 24.0 Å². The summed E-state index contributed by atoms with van der Waals surface area (Å²) in [5.74, 6) is -3.78. The highest BCUT2D eigenvalue weighted by Crippen LogP contribution is 2.05. The number of Topliss-reactive ketones (excluding diaryl/α,β-unsaturated/α-hetero) is 5. The summed E-state index contributed by atoms with van der Waals surface area (Å²) >= 11 is 0. The molecule has 132 valence electrons. The van der Waals surface area contributed by atoms with Crippen molar-refractivity contribution in [3.8, 4) is 0 Å². The highest BCUT2D eigenvalue weighted by Gasteiger charge is 2.22. The van der Waals surface area contributed by atoms with Crippen LogP contribution in [-0.4, -0.2) is 28.9 Å². The first kappa shape index (κ1) is 19.1. The van der Waals surface area contributed by atoms with Crippen molar-refractivity contribution in [2.24, 2.45) is 0 Å². The Labute approximate surface area is 151 Å². The van der Waals surface area contributed by atoms with Gasteiger partial charge >= 0.3 is 0 Å². The topological polar surface area (TPSA) is 85.3 Å². The highest BCUT2D eigenvalue weighted by atomic mass is 16.2. The zero-order valence-electron chi connectivity index (χ0n) is 14.1. The fourth-order valence-corrected chi connectivity index (χ4v) is 2.38. The summed E-state index contributed by atoms with van der Waals surface area (Å²) in [4.78, 5) is 59.2. The standard InChI is InChI=1S/C21H18O5/c22-17(13-20(25)18(23)11-15-7-3-1-4-8-15)14-21(26)19(24)12-16-9-5-2-6-10-16/h1-10H,11-14H2. The molecular formula is C21H18O5. The van der Waals surface area contributed by atoms with E-state index in [1.54, 1.807) is 60.7 Å². The normalized spacial score (nSPS) is 10.2. The average Bonchev–Trinajstić information content (AvgIpc) is 2.63. The molecule has 0 saturated carbocycles. The van der Waals surface area contributed by atoms with Crippen LogP contribution in [0.4, 0.5) is 0 Å². The lowest BCUT2D eigenvalue weighted by atomic mass is 9.99. The second-order valence-electron chi connectivity index (χ2n) is 5.91. The van der Waals surface area contributed by atoms with Gasteiger partial charge in [-0.25, -0.2) is 0 Å². The molecule has 0 bridgehead atoms. The molecule has 0 saturated heterocycles. The molecule has 2 aromatic rings. The number of hydrogen-bond acceptors (Lipinski definition) is 5. The third kappa shape index (κ3) is 6.02. The number of rotatable bonds is 10. The van der Waals surface area contributed by atoms with Crippen molar-refractivity contribution in [2.75, 3.05) is 0 Å². The van der Waals surface area contributed by atoms with Crippen LogP contribution < -0.4 is 0 Å². The van der Waals surface area contributed by atoms with Gasteiger partial charge in [-0.2, -0.15) is 0 Å². The molecule has 0 N–H and O–H groups in total. The molecule has 0 fully saturated rings. The molecular weight excluding hydrogens is 332 g/mol. The lowest BCUT2D eigenvalue weighted by molar-refractivity contribution is -0.141. The first-order valence-electron chi connectivity index (χ1n) is 8.17. The SMILES string of the molecule is O=C(CC(=O)C(=O)Cc1ccccc1)CC(=O)C(=O)Cc1ccccc1. The molecule has 0 heterocycles. The van der Waals surface area contributed by atoms with E-state index in [1.165, 1.54) is 0 Å². The Morgan fingerprint density at radius 1 is 0.500 bits per heavy atom. The van der Waals surface area contributed by atoms with Crippen molar-refractivity contribution in [1.82, 2.24) is 0 Å². The molecule has 0 unspecified atom stereocenters. The Kier molecular flexibility index (Phi) is 6.85. The molecule has 2 aromatic carbocycles. The second kappa shape index (κ2) is 9.32. The van der Waals surface area contributed by atoms with Crippen LogP contribution in [-0.2, 0) is 36.8 Å². The Hall–Kier alpha value is -3.21. The molecule has 0 aliphatic rings. The third-order valence-corrected chi connectivity index (χ3v) is 3.75. The van der Waals surface area contributed by atoms with Gasteiger partial charge < -0.3 is 0 Å². The molecule has 5 nitrogen and oxygen atoms in total. The van der Waals surface area contributed by atoms with Gasteiger partial charge in [-0.3, -0.25) is 24.0 Å².